The van der Waals surface area contributed by atoms with E-state index in [0.717, 1.165) is 30.9 Å². The highest BCUT2D eigenvalue weighted by Gasteiger charge is 2.18. The predicted octanol–water partition coefficient (Wildman–Crippen LogP) is 5.71. The van der Waals surface area contributed by atoms with Gasteiger partial charge in [-0.05, 0) is 38.1 Å². The minimum absolute atomic E-state index is 0.322. The summed E-state index contributed by atoms with van der Waals surface area (Å²) in [5, 5.41) is 2.60. The molecule has 0 aliphatic carbocycles. The number of carbonyl (C=O) groups is 1. The summed E-state index contributed by atoms with van der Waals surface area (Å²) in [6.07, 6.45) is 1.64. The Morgan fingerprint density at radius 1 is 1.24 bits per heavy atom. The lowest BCUT2D eigenvalue weighted by molar-refractivity contribution is 0.0520. The first-order chi connectivity index (χ1) is 12.0. The SMILES string of the molecule is CCOC(=O)c1cc2sc(C)cc2c(-c2cc3cc(Cl)cnc3s2)n1. The van der Waals surface area contributed by atoms with E-state index in [9.17, 15) is 4.79 Å². The summed E-state index contributed by atoms with van der Waals surface area (Å²) in [5.74, 6) is -0.404. The van der Waals surface area contributed by atoms with Crippen LogP contribution < -0.4 is 0 Å². The molecule has 0 saturated heterocycles. The lowest BCUT2D eigenvalue weighted by Gasteiger charge is -2.05. The Morgan fingerprint density at radius 3 is 2.88 bits per heavy atom. The lowest BCUT2D eigenvalue weighted by atomic mass is 10.1. The van der Waals surface area contributed by atoms with Crippen LogP contribution in [0.15, 0.2) is 30.5 Å². The highest BCUT2D eigenvalue weighted by Crippen LogP contribution is 2.38. The molecule has 0 bridgehead atoms. The normalized spacial score (nSPS) is 11.3. The van der Waals surface area contributed by atoms with Gasteiger partial charge in [0.1, 0.15) is 4.83 Å². The molecule has 0 aromatic carbocycles. The molecule has 4 aromatic rings. The van der Waals surface area contributed by atoms with Gasteiger partial charge in [-0.3, -0.25) is 0 Å². The monoisotopic (exact) mass is 388 g/mol. The smallest absolute Gasteiger partial charge is 0.356 e. The molecule has 126 valence electrons. The molecule has 4 rings (SSSR count). The van der Waals surface area contributed by atoms with Gasteiger partial charge in [-0.2, -0.15) is 0 Å². The summed E-state index contributed by atoms with van der Waals surface area (Å²) in [4.78, 5) is 24.2. The number of fused-ring (bicyclic) bond motifs is 2. The van der Waals surface area contributed by atoms with Gasteiger partial charge in [-0.1, -0.05) is 11.6 Å². The number of esters is 1. The van der Waals surface area contributed by atoms with Gasteiger partial charge in [0.05, 0.1) is 22.2 Å². The number of thiophene rings is 2. The van der Waals surface area contributed by atoms with Gasteiger partial charge in [0.15, 0.2) is 5.69 Å². The van der Waals surface area contributed by atoms with Crippen molar-refractivity contribution in [2.45, 2.75) is 13.8 Å². The van der Waals surface area contributed by atoms with E-state index in [2.05, 4.69) is 16.0 Å². The number of nitrogens with zero attached hydrogens (tertiary/aromatic N) is 2. The summed E-state index contributed by atoms with van der Waals surface area (Å²) in [6, 6.07) is 7.80. The van der Waals surface area contributed by atoms with Crippen LogP contribution in [0.25, 0.3) is 30.9 Å². The molecule has 0 amide bonds. The maximum Gasteiger partial charge on any atom is 0.356 e. The molecule has 0 saturated carbocycles. The first kappa shape index (κ1) is 16.4. The Hall–Kier alpha value is -2.02. The molecule has 0 N–H and O–H groups in total. The summed E-state index contributed by atoms with van der Waals surface area (Å²) in [5.41, 5.74) is 1.11. The van der Waals surface area contributed by atoms with Gasteiger partial charge in [-0.25, -0.2) is 14.8 Å². The highest BCUT2D eigenvalue weighted by molar-refractivity contribution is 7.22. The Kier molecular flexibility index (Phi) is 4.19. The molecule has 0 atom stereocenters. The highest BCUT2D eigenvalue weighted by atomic mass is 35.5. The summed E-state index contributed by atoms with van der Waals surface area (Å²) < 4.78 is 6.15. The Balaban J connectivity index is 1.95. The van der Waals surface area contributed by atoms with Crippen LogP contribution in [-0.2, 0) is 4.74 Å². The molecule has 4 heterocycles. The molecular weight excluding hydrogens is 376 g/mol. The third-order valence-electron chi connectivity index (χ3n) is 3.70. The van der Waals surface area contributed by atoms with Crippen molar-refractivity contribution in [3.8, 4) is 10.6 Å². The van der Waals surface area contributed by atoms with Crippen molar-refractivity contribution in [3.63, 3.8) is 0 Å². The van der Waals surface area contributed by atoms with Gasteiger partial charge in [0.25, 0.3) is 0 Å². The average molecular weight is 389 g/mol. The number of hydrogen-bond donors (Lipinski definition) is 0. The van der Waals surface area contributed by atoms with Crippen molar-refractivity contribution in [2.75, 3.05) is 6.61 Å². The average Bonchev–Trinajstić information content (AvgIpc) is 3.15. The standard InChI is InChI=1S/C18H13ClN2O2S2/c1-3-23-18(22)13-7-14-12(4-9(2)24-14)16(21-13)15-6-10-5-11(19)8-20-17(10)25-15/h4-8H,3H2,1-2H3. The van der Waals surface area contributed by atoms with Crippen LogP contribution in [0.3, 0.4) is 0 Å². The Morgan fingerprint density at radius 2 is 2.08 bits per heavy atom. The Bertz CT molecular complexity index is 1120. The number of ether oxygens (including phenoxy) is 1. The molecule has 0 radical (unpaired) electrons. The van der Waals surface area contributed by atoms with E-state index in [-0.39, 0.29) is 0 Å². The number of hydrogen-bond acceptors (Lipinski definition) is 6. The summed E-state index contributed by atoms with van der Waals surface area (Å²) >= 11 is 9.22. The topological polar surface area (TPSA) is 52.1 Å². The second-order valence-electron chi connectivity index (χ2n) is 5.50. The van der Waals surface area contributed by atoms with Crippen molar-refractivity contribution in [1.29, 1.82) is 0 Å². The van der Waals surface area contributed by atoms with E-state index < -0.39 is 5.97 Å². The molecular formula is C18H13ClN2O2S2. The fourth-order valence-corrected chi connectivity index (χ4v) is 4.80. The molecule has 0 aliphatic rings. The number of aromatic nitrogens is 2. The first-order valence-electron chi connectivity index (χ1n) is 7.69. The number of halogens is 1. The number of rotatable bonds is 3. The maximum atomic E-state index is 12.2. The number of carbonyl (C=O) groups excluding carboxylic acids is 1. The Labute approximate surface area is 157 Å². The molecule has 25 heavy (non-hydrogen) atoms. The second-order valence-corrected chi connectivity index (χ2v) is 8.26. The van der Waals surface area contributed by atoms with E-state index in [1.807, 2.05) is 19.1 Å². The predicted molar refractivity (Wildman–Crippen MR) is 104 cm³/mol. The summed E-state index contributed by atoms with van der Waals surface area (Å²) in [6.45, 7) is 4.15. The van der Waals surface area contributed by atoms with Crippen LogP contribution in [0.4, 0.5) is 0 Å². The second kappa shape index (κ2) is 6.37. The molecule has 4 nitrogen and oxygen atoms in total. The van der Waals surface area contributed by atoms with Crippen molar-refractivity contribution < 1.29 is 9.53 Å². The zero-order chi connectivity index (χ0) is 17.6. The molecule has 0 fully saturated rings. The van der Waals surface area contributed by atoms with E-state index in [4.69, 9.17) is 16.3 Å². The van der Waals surface area contributed by atoms with Gasteiger partial charge in [0, 0.05) is 26.5 Å². The fraction of sp³-hybridized carbons (Fsp3) is 0.167. The zero-order valence-electron chi connectivity index (χ0n) is 13.5. The van der Waals surface area contributed by atoms with Crippen LogP contribution in [0.1, 0.15) is 22.3 Å². The minimum atomic E-state index is -0.404. The molecule has 0 unspecified atom stereocenters. The van der Waals surface area contributed by atoms with Crippen LogP contribution >= 0.6 is 34.3 Å². The van der Waals surface area contributed by atoms with Crippen LogP contribution in [0, 0.1) is 6.92 Å². The van der Waals surface area contributed by atoms with E-state index in [1.54, 1.807) is 30.5 Å². The van der Waals surface area contributed by atoms with E-state index in [0.29, 0.717) is 17.3 Å². The number of aryl methyl sites for hydroxylation is 1. The van der Waals surface area contributed by atoms with Gasteiger partial charge < -0.3 is 4.74 Å². The molecule has 4 aromatic heterocycles. The number of pyridine rings is 2. The third kappa shape index (κ3) is 3.01. The molecule has 0 spiro atoms. The third-order valence-corrected chi connectivity index (χ3v) is 5.97. The largest absolute Gasteiger partial charge is 0.461 e. The van der Waals surface area contributed by atoms with Crippen molar-refractivity contribution in [2.24, 2.45) is 0 Å². The zero-order valence-corrected chi connectivity index (χ0v) is 15.9. The van der Waals surface area contributed by atoms with Crippen molar-refractivity contribution in [1.82, 2.24) is 9.97 Å². The van der Waals surface area contributed by atoms with Gasteiger partial charge >= 0.3 is 5.97 Å². The van der Waals surface area contributed by atoms with Crippen molar-refractivity contribution in [3.05, 3.63) is 46.1 Å². The van der Waals surface area contributed by atoms with Gasteiger partial charge in [-0.15, -0.1) is 22.7 Å². The minimum Gasteiger partial charge on any atom is -0.461 e. The van der Waals surface area contributed by atoms with Crippen molar-refractivity contribution >= 4 is 60.5 Å². The van der Waals surface area contributed by atoms with Gasteiger partial charge in [0.2, 0.25) is 0 Å². The first-order valence-corrected chi connectivity index (χ1v) is 9.70. The van der Waals surface area contributed by atoms with Crippen LogP contribution in [-0.4, -0.2) is 22.5 Å². The van der Waals surface area contributed by atoms with Crippen LogP contribution in [0.2, 0.25) is 5.02 Å². The lowest BCUT2D eigenvalue weighted by Crippen LogP contribution is -2.07. The maximum absolute atomic E-state index is 12.2. The van der Waals surface area contributed by atoms with E-state index in [1.165, 1.54) is 16.2 Å². The fourth-order valence-electron chi connectivity index (χ4n) is 2.68. The molecule has 0 aliphatic heterocycles. The van der Waals surface area contributed by atoms with Crippen LogP contribution in [0.5, 0.6) is 0 Å². The quantitative estimate of drug-likeness (QED) is 0.422. The molecule has 7 heteroatoms. The van der Waals surface area contributed by atoms with E-state index >= 15 is 0 Å². The summed E-state index contributed by atoms with van der Waals surface area (Å²) in [7, 11) is 0.